The molecule has 0 spiro atoms. The lowest BCUT2D eigenvalue weighted by Gasteiger charge is -2.15. The standard InChI is InChI=1S/C14H12BrClN2O2/c1-8-9(3-2-4-10(8)15)14-17-11-5-18(13(16)7-19)6-12(11)20-14/h2-4,7,13H,5-6H2,1H3/t13-/m1/s1. The van der Waals surface area contributed by atoms with Crippen LogP contribution < -0.4 is 0 Å². The molecule has 0 radical (unpaired) electrons. The summed E-state index contributed by atoms with van der Waals surface area (Å²) in [5.41, 5.74) is 2.29. The van der Waals surface area contributed by atoms with E-state index in [9.17, 15) is 4.79 Å². The predicted octanol–water partition coefficient (Wildman–Crippen LogP) is 3.49. The van der Waals surface area contributed by atoms with Gasteiger partial charge in [0.05, 0.1) is 12.2 Å². The second-order valence-corrected chi connectivity index (χ2v) is 6.02. The van der Waals surface area contributed by atoms with Gasteiger partial charge in [0.15, 0.2) is 6.29 Å². The Morgan fingerprint density at radius 2 is 2.30 bits per heavy atom. The Morgan fingerprint density at radius 1 is 1.50 bits per heavy atom. The molecule has 1 aromatic carbocycles. The van der Waals surface area contributed by atoms with E-state index < -0.39 is 5.50 Å². The Balaban J connectivity index is 1.91. The fourth-order valence-corrected chi connectivity index (χ4v) is 2.78. The quantitative estimate of drug-likeness (QED) is 0.480. The first-order chi connectivity index (χ1) is 9.60. The normalized spacial score (nSPS) is 16.1. The van der Waals surface area contributed by atoms with E-state index in [1.54, 1.807) is 0 Å². The lowest BCUT2D eigenvalue weighted by molar-refractivity contribution is -0.110. The molecule has 2 aromatic rings. The third kappa shape index (κ3) is 2.30. The van der Waals surface area contributed by atoms with Crippen LogP contribution in [0, 0.1) is 6.92 Å². The molecule has 1 aromatic heterocycles. The van der Waals surface area contributed by atoms with Crippen LogP contribution in [0.1, 0.15) is 17.0 Å². The maximum Gasteiger partial charge on any atom is 0.226 e. The Hall–Kier alpha value is -1.17. The summed E-state index contributed by atoms with van der Waals surface area (Å²) in [7, 11) is 0. The molecule has 0 N–H and O–H groups in total. The zero-order valence-corrected chi connectivity index (χ0v) is 13.1. The number of aldehydes is 1. The number of alkyl halides is 1. The number of oxazole rings is 1. The summed E-state index contributed by atoms with van der Waals surface area (Å²) in [6.45, 7) is 3.07. The molecule has 1 aliphatic rings. The monoisotopic (exact) mass is 354 g/mol. The molecule has 20 heavy (non-hydrogen) atoms. The zero-order chi connectivity index (χ0) is 14.3. The summed E-state index contributed by atoms with van der Waals surface area (Å²) >= 11 is 9.41. The molecule has 0 saturated heterocycles. The van der Waals surface area contributed by atoms with E-state index in [2.05, 4.69) is 20.9 Å². The lowest BCUT2D eigenvalue weighted by atomic mass is 10.1. The van der Waals surface area contributed by atoms with Gasteiger partial charge in [0.25, 0.3) is 0 Å². The van der Waals surface area contributed by atoms with Crippen molar-refractivity contribution in [3.63, 3.8) is 0 Å². The molecule has 3 rings (SSSR count). The Bertz CT molecular complexity index is 648. The number of carbonyl (C=O) groups excluding carboxylic acids is 1. The minimum Gasteiger partial charge on any atom is -0.439 e. The van der Waals surface area contributed by atoms with Crippen LogP contribution in [0.25, 0.3) is 11.5 Å². The number of hydrogen-bond acceptors (Lipinski definition) is 4. The van der Waals surface area contributed by atoms with Gasteiger partial charge in [0.2, 0.25) is 5.89 Å². The molecule has 6 heteroatoms. The van der Waals surface area contributed by atoms with E-state index in [1.165, 1.54) is 0 Å². The maximum atomic E-state index is 10.7. The molecule has 0 unspecified atom stereocenters. The van der Waals surface area contributed by atoms with Crippen molar-refractivity contribution in [2.24, 2.45) is 0 Å². The Morgan fingerprint density at radius 3 is 3.00 bits per heavy atom. The molecule has 0 amide bonds. The van der Waals surface area contributed by atoms with Crippen molar-refractivity contribution < 1.29 is 9.21 Å². The summed E-state index contributed by atoms with van der Waals surface area (Å²) in [6.07, 6.45) is 0.715. The number of rotatable bonds is 3. The second kappa shape index (κ2) is 5.31. The highest BCUT2D eigenvalue weighted by molar-refractivity contribution is 9.10. The van der Waals surface area contributed by atoms with E-state index in [0.29, 0.717) is 25.3 Å². The first kappa shape index (κ1) is 13.8. The van der Waals surface area contributed by atoms with Gasteiger partial charge in [-0.2, -0.15) is 0 Å². The van der Waals surface area contributed by atoms with Gasteiger partial charge in [-0.3, -0.25) is 4.90 Å². The van der Waals surface area contributed by atoms with Crippen molar-refractivity contribution in [1.29, 1.82) is 0 Å². The number of nitrogens with zero attached hydrogens (tertiary/aromatic N) is 2. The zero-order valence-electron chi connectivity index (χ0n) is 10.8. The molecule has 2 heterocycles. The molecule has 0 bridgehead atoms. The topological polar surface area (TPSA) is 46.3 Å². The summed E-state index contributed by atoms with van der Waals surface area (Å²) < 4.78 is 6.85. The first-order valence-corrected chi connectivity index (χ1v) is 7.40. The molecule has 1 atom stereocenters. The van der Waals surface area contributed by atoms with Crippen LogP contribution in [-0.4, -0.2) is 21.7 Å². The number of benzene rings is 1. The van der Waals surface area contributed by atoms with Gasteiger partial charge in [-0.05, 0) is 24.6 Å². The minimum atomic E-state index is -0.629. The summed E-state index contributed by atoms with van der Waals surface area (Å²) in [6, 6.07) is 5.92. The highest BCUT2D eigenvalue weighted by Crippen LogP contribution is 2.33. The number of fused-ring (bicyclic) bond motifs is 1. The van der Waals surface area contributed by atoms with E-state index in [4.69, 9.17) is 16.0 Å². The van der Waals surface area contributed by atoms with Crippen LogP contribution in [0.5, 0.6) is 0 Å². The van der Waals surface area contributed by atoms with Crippen LogP contribution in [0.3, 0.4) is 0 Å². The highest BCUT2D eigenvalue weighted by atomic mass is 79.9. The second-order valence-electron chi connectivity index (χ2n) is 4.71. The number of hydrogen-bond donors (Lipinski definition) is 0. The van der Waals surface area contributed by atoms with Crippen molar-refractivity contribution >= 4 is 33.8 Å². The molecule has 4 nitrogen and oxygen atoms in total. The SMILES string of the molecule is Cc1c(Br)cccc1-c1nc2c(o1)CN([C@@H](Cl)C=O)C2. The van der Waals surface area contributed by atoms with Crippen LogP contribution >= 0.6 is 27.5 Å². The van der Waals surface area contributed by atoms with E-state index >= 15 is 0 Å². The van der Waals surface area contributed by atoms with Gasteiger partial charge in [-0.15, -0.1) is 0 Å². The number of halogens is 2. The van der Waals surface area contributed by atoms with Gasteiger partial charge >= 0.3 is 0 Å². The molecular formula is C14H12BrClN2O2. The molecule has 0 fully saturated rings. The van der Waals surface area contributed by atoms with Crippen LogP contribution in [0.2, 0.25) is 0 Å². The fraction of sp³-hybridized carbons (Fsp3) is 0.286. The first-order valence-electron chi connectivity index (χ1n) is 6.17. The average molecular weight is 356 g/mol. The fourth-order valence-electron chi connectivity index (χ4n) is 2.28. The number of carbonyl (C=O) groups is 1. The van der Waals surface area contributed by atoms with E-state index in [1.807, 2.05) is 30.0 Å². The average Bonchev–Trinajstić information content (AvgIpc) is 2.99. The minimum absolute atomic E-state index is 0.516. The van der Waals surface area contributed by atoms with Gasteiger partial charge in [0.1, 0.15) is 11.3 Å². The van der Waals surface area contributed by atoms with Crippen LogP contribution in [0.15, 0.2) is 27.1 Å². The third-order valence-electron chi connectivity index (χ3n) is 3.44. The van der Waals surface area contributed by atoms with Crippen molar-refractivity contribution in [1.82, 2.24) is 9.88 Å². The van der Waals surface area contributed by atoms with Crippen molar-refractivity contribution in [3.05, 3.63) is 39.7 Å². The predicted molar refractivity (Wildman–Crippen MR) is 79.3 cm³/mol. The molecule has 104 valence electrons. The summed E-state index contributed by atoms with van der Waals surface area (Å²) in [5.74, 6) is 1.40. The third-order valence-corrected chi connectivity index (χ3v) is 4.68. The van der Waals surface area contributed by atoms with Gasteiger partial charge in [-0.25, -0.2) is 4.98 Å². The Labute approximate surface area is 129 Å². The Kier molecular flexibility index (Phi) is 3.67. The smallest absolute Gasteiger partial charge is 0.226 e. The molecule has 0 saturated carbocycles. The van der Waals surface area contributed by atoms with E-state index in [-0.39, 0.29) is 0 Å². The van der Waals surface area contributed by atoms with Gasteiger partial charge in [0, 0.05) is 16.6 Å². The van der Waals surface area contributed by atoms with Crippen LogP contribution in [0.4, 0.5) is 0 Å². The molecule has 0 aliphatic carbocycles. The maximum absolute atomic E-state index is 10.7. The van der Waals surface area contributed by atoms with Gasteiger partial charge < -0.3 is 9.21 Å². The van der Waals surface area contributed by atoms with Crippen molar-refractivity contribution in [3.8, 4) is 11.5 Å². The van der Waals surface area contributed by atoms with Crippen molar-refractivity contribution in [2.45, 2.75) is 25.5 Å². The molecule has 1 aliphatic heterocycles. The van der Waals surface area contributed by atoms with Crippen molar-refractivity contribution in [2.75, 3.05) is 0 Å². The van der Waals surface area contributed by atoms with E-state index in [0.717, 1.165) is 27.1 Å². The highest BCUT2D eigenvalue weighted by Gasteiger charge is 2.29. The largest absolute Gasteiger partial charge is 0.439 e. The van der Waals surface area contributed by atoms with Crippen LogP contribution in [-0.2, 0) is 17.9 Å². The lowest BCUT2D eigenvalue weighted by Crippen LogP contribution is -2.27. The summed E-state index contributed by atoms with van der Waals surface area (Å²) in [4.78, 5) is 17.0. The number of aromatic nitrogens is 1. The molecular weight excluding hydrogens is 344 g/mol. The summed E-state index contributed by atoms with van der Waals surface area (Å²) in [5, 5.41) is 0. The van der Waals surface area contributed by atoms with Gasteiger partial charge in [-0.1, -0.05) is 33.6 Å².